The van der Waals surface area contributed by atoms with Crippen LogP contribution in [-0.2, 0) is 9.53 Å². The summed E-state index contributed by atoms with van der Waals surface area (Å²) in [7, 11) is -1.34. The van der Waals surface area contributed by atoms with Crippen molar-refractivity contribution in [2.75, 3.05) is 6.61 Å². The van der Waals surface area contributed by atoms with E-state index in [0.29, 0.717) is 12.2 Å². The molecule has 2 nitrogen and oxygen atoms in total. The molecule has 0 saturated heterocycles. The maximum atomic E-state index is 11.4. The number of rotatable bonds is 8. The molecule has 112 valence electrons. The maximum absolute atomic E-state index is 11.4. The Morgan fingerprint density at radius 2 is 1.47 bits per heavy atom. The highest BCUT2D eigenvalue weighted by atomic mass is 28.3. The van der Waals surface area contributed by atoms with E-state index in [4.69, 9.17) is 4.74 Å². The van der Waals surface area contributed by atoms with Gasteiger partial charge in [-0.25, -0.2) is 4.79 Å². The van der Waals surface area contributed by atoms with Crippen LogP contribution in [0, 0.1) is 0 Å². The van der Waals surface area contributed by atoms with E-state index in [-0.39, 0.29) is 5.97 Å². The molecule has 0 aliphatic carbocycles. The van der Waals surface area contributed by atoms with Crippen molar-refractivity contribution in [2.45, 2.75) is 77.6 Å². The van der Waals surface area contributed by atoms with E-state index in [1.807, 2.05) is 0 Å². The minimum Gasteiger partial charge on any atom is -0.462 e. The molecule has 0 radical (unpaired) electrons. The first-order valence-electron chi connectivity index (χ1n) is 7.48. The summed E-state index contributed by atoms with van der Waals surface area (Å²) < 4.78 is 5.22. The molecule has 0 N–H and O–H groups in total. The minimum absolute atomic E-state index is 0.258. The molecule has 3 heteroatoms. The molecule has 0 bridgehead atoms. The number of carbonyl (C=O) groups excluding carboxylic acids is 1. The van der Waals surface area contributed by atoms with E-state index in [1.54, 1.807) is 6.92 Å². The fraction of sp³-hybridized carbons (Fsp3) is 0.812. The molecule has 19 heavy (non-hydrogen) atoms. The van der Waals surface area contributed by atoms with Crippen molar-refractivity contribution in [2.24, 2.45) is 0 Å². The summed E-state index contributed by atoms with van der Waals surface area (Å²) in [6, 6.07) is 1.24. The van der Waals surface area contributed by atoms with Gasteiger partial charge in [0.25, 0.3) is 0 Å². The third-order valence-electron chi connectivity index (χ3n) is 4.56. The van der Waals surface area contributed by atoms with Gasteiger partial charge in [-0.1, -0.05) is 70.8 Å². The van der Waals surface area contributed by atoms with Gasteiger partial charge in [0.05, 0.1) is 14.7 Å². The van der Waals surface area contributed by atoms with Crippen molar-refractivity contribution in [3.63, 3.8) is 0 Å². The zero-order chi connectivity index (χ0) is 15.2. The van der Waals surface area contributed by atoms with Crippen molar-refractivity contribution in [1.29, 1.82) is 0 Å². The van der Waals surface area contributed by atoms with Crippen LogP contribution in [0.25, 0.3) is 0 Å². The summed E-state index contributed by atoms with van der Waals surface area (Å²) in [6.07, 6.45) is 0.986. The van der Waals surface area contributed by atoms with Crippen LogP contribution in [0.15, 0.2) is 12.2 Å². The van der Waals surface area contributed by atoms with Crippen LogP contribution in [0.2, 0.25) is 22.7 Å². The molecule has 0 saturated carbocycles. The highest BCUT2D eigenvalue weighted by Crippen LogP contribution is 2.45. The Kier molecular flexibility index (Phi) is 7.64. The van der Waals surface area contributed by atoms with Crippen LogP contribution in [0.5, 0.6) is 0 Å². The van der Waals surface area contributed by atoms with Crippen molar-refractivity contribution >= 4 is 14.0 Å². The lowest BCUT2D eigenvalue weighted by Gasteiger charge is -2.43. The second-order valence-electron chi connectivity index (χ2n) is 6.60. The Morgan fingerprint density at radius 3 is 1.79 bits per heavy atom. The SMILES string of the molecule is C=C(C)C(=O)OCCC[Si](C(C)C)(C(C)C)C(C)C. The first-order valence-corrected chi connectivity index (χ1v) is 9.92. The van der Waals surface area contributed by atoms with Crippen molar-refractivity contribution in [3.05, 3.63) is 12.2 Å². The molecule has 0 amide bonds. The zero-order valence-corrected chi connectivity index (χ0v) is 14.9. The lowest BCUT2D eigenvalue weighted by Crippen LogP contribution is -2.44. The van der Waals surface area contributed by atoms with Crippen LogP contribution in [0.3, 0.4) is 0 Å². The lowest BCUT2D eigenvalue weighted by atomic mass is 10.4. The molecule has 0 unspecified atom stereocenters. The van der Waals surface area contributed by atoms with E-state index < -0.39 is 8.07 Å². The number of hydrogen-bond acceptors (Lipinski definition) is 2. The molecule has 0 aromatic heterocycles. The number of esters is 1. The first-order chi connectivity index (χ1) is 8.66. The predicted octanol–water partition coefficient (Wildman–Crippen LogP) is 5.17. The fourth-order valence-corrected chi connectivity index (χ4v) is 10.0. The average Bonchev–Trinajstić information content (AvgIpc) is 2.26. The van der Waals surface area contributed by atoms with Gasteiger partial charge < -0.3 is 4.74 Å². The summed E-state index contributed by atoms with van der Waals surface area (Å²) in [6.45, 7) is 20.0. The van der Waals surface area contributed by atoms with Gasteiger partial charge in [-0.15, -0.1) is 0 Å². The first kappa shape index (κ1) is 18.4. The van der Waals surface area contributed by atoms with Gasteiger partial charge in [0.15, 0.2) is 0 Å². The molecular formula is C16H32O2Si. The summed E-state index contributed by atoms with van der Waals surface area (Å²) in [4.78, 5) is 11.4. The Bertz CT molecular complexity index is 284. The fourth-order valence-electron chi connectivity index (χ4n) is 3.53. The van der Waals surface area contributed by atoms with Gasteiger partial charge in [0.2, 0.25) is 0 Å². The summed E-state index contributed by atoms with van der Waals surface area (Å²) >= 11 is 0. The standard InChI is InChI=1S/C16H32O2Si/c1-12(2)16(17)18-10-9-11-19(13(3)4,14(5)6)15(7)8/h13-15H,1,9-11H2,2-8H3. The Hall–Kier alpha value is -0.573. The van der Waals surface area contributed by atoms with Crippen LogP contribution in [0.1, 0.15) is 54.9 Å². The second kappa shape index (κ2) is 7.88. The number of carbonyl (C=O) groups is 1. The van der Waals surface area contributed by atoms with Gasteiger partial charge >= 0.3 is 5.97 Å². The molecule has 0 aliphatic heterocycles. The lowest BCUT2D eigenvalue weighted by molar-refractivity contribution is -0.138. The van der Waals surface area contributed by atoms with E-state index in [1.165, 1.54) is 6.04 Å². The number of ether oxygens (including phenoxy) is 1. The maximum Gasteiger partial charge on any atom is 0.333 e. The quantitative estimate of drug-likeness (QED) is 0.266. The topological polar surface area (TPSA) is 26.3 Å². The van der Waals surface area contributed by atoms with Gasteiger partial charge in [0, 0.05) is 5.57 Å². The van der Waals surface area contributed by atoms with Crippen molar-refractivity contribution < 1.29 is 9.53 Å². The largest absolute Gasteiger partial charge is 0.462 e. The van der Waals surface area contributed by atoms with Crippen LogP contribution in [-0.4, -0.2) is 20.7 Å². The minimum atomic E-state index is -1.34. The van der Waals surface area contributed by atoms with Gasteiger partial charge in [-0.3, -0.25) is 0 Å². The van der Waals surface area contributed by atoms with Crippen LogP contribution >= 0.6 is 0 Å². The normalized spacial score (nSPS) is 12.3. The Balaban J connectivity index is 4.53. The van der Waals surface area contributed by atoms with Gasteiger partial charge in [-0.2, -0.15) is 0 Å². The molecule has 0 aromatic carbocycles. The third-order valence-corrected chi connectivity index (χ3v) is 12.2. The molecule has 0 atom stereocenters. The Morgan fingerprint density at radius 1 is 1.05 bits per heavy atom. The van der Waals surface area contributed by atoms with Crippen LogP contribution in [0.4, 0.5) is 0 Å². The van der Waals surface area contributed by atoms with Crippen LogP contribution < -0.4 is 0 Å². The molecular weight excluding hydrogens is 252 g/mol. The Labute approximate surface area is 120 Å². The second-order valence-corrected chi connectivity index (χ2v) is 12.8. The zero-order valence-electron chi connectivity index (χ0n) is 13.9. The average molecular weight is 285 g/mol. The molecule has 0 aromatic rings. The van der Waals surface area contributed by atoms with Crippen molar-refractivity contribution in [3.8, 4) is 0 Å². The molecule has 0 rings (SSSR count). The smallest absolute Gasteiger partial charge is 0.333 e. The predicted molar refractivity (Wildman–Crippen MR) is 86.2 cm³/mol. The van der Waals surface area contributed by atoms with E-state index >= 15 is 0 Å². The molecule has 0 heterocycles. The monoisotopic (exact) mass is 284 g/mol. The molecule has 0 aliphatic rings. The van der Waals surface area contributed by atoms with Gasteiger partial charge in [-0.05, 0) is 13.3 Å². The molecule has 0 fully saturated rings. The summed E-state index contributed by atoms with van der Waals surface area (Å²) in [5, 5.41) is 0. The highest BCUT2D eigenvalue weighted by molar-refractivity contribution is 6.83. The van der Waals surface area contributed by atoms with E-state index in [9.17, 15) is 4.79 Å². The molecule has 0 spiro atoms. The van der Waals surface area contributed by atoms with Gasteiger partial charge in [0.1, 0.15) is 0 Å². The number of hydrogen-bond donors (Lipinski definition) is 0. The summed E-state index contributed by atoms with van der Waals surface area (Å²) in [5.74, 6) is -0.258. The van der Waals surface area contributed by atoms with E-state index in [0.717, 1.165) is 23.0 Å². The van der Waals surface area contributed by atoms with E-state index in [2.05, 4.69) is 48.1 Å². The summed E-state index contributed by atoms with van der Waals surface area (Å²) in [5.41, 5.74) is 2.79. The third kappa shape index (κ3) is 4.79. The highest BCUT2D eigenvalue weighted by Gasteiger charge is 2.41. The van der Waals surface area contributed by atoms with Crippen molar-refractivity contribution in [1.82, 2.24) is 0 Å².